The second-order valence-corrected chi connectivity index (χ2v) is 19.0. The van der Waals surface area contributed by atoms with Crippen LogP contribution in [0.15, 0.2) is 150 Å². The first-order valence-corrected chi connectivity index (χ1v) is 21.5. The number of para-hydroxylation sites is 1. The van der Waals surface area contributed by atoms with Crippen LogP contribution in [0.2, 0.25) is 0 Å². The second kappa shape index (κ2) is 11.6. The smallest absolute Gasteiger partial charge is 0.197 e. The summed E-state index contributed by atoms with van der Waals surface area (Å²) in [5, 5.41) is 13.9. The van der Waals surface area contributed by atoms with Crippen LogP contribution in [0.1, 0.15) is 26.3 Å². The van der Waals surface area contributed by atoms with E-state index in [9.17, 15) is 0 Å². The predicted molar refractivity (Wildman–Crippen MR) is 253 cm³/mol. The number of nitrogens with one attached hydrogen (secondary N) is 1. The largest absolute Gasteiger partial charge is 0.456 e. The fourth-order valence-electron chi connectivity index (χ4n) is 9.53. The predicted octanol–water partition coefficient (Wildman–Crippen LogP) is 14.1. The van der Waals surface area contributed by atoms with Gasteiger partial charge >= 0.3 is 0 Å². The Bertz CT molecular complexity index is 3720. The minimum atomic E-state index is 0.0735. The molecule has 6 heteroatoms. The third-order valence-electron chi connectivity index (χ3n) is 12.4. The minimum absolute atomic E-state index is 0.0735. The highest BCUT2D eigenvalue weighted by molar-refractivity contribution is 7.26. The molecule has 0 bridgehead atoms. The van der Waals surface area contributed by atoms with Gasteiger partial charge < -0.3 is 14.3 Å². The molecule has 0 amide bonds. The Balaban J connectivity index is 1.11. The fraction of sp³-hybridized carbons (Fsp3) is 0.0769. The molecule has 8 aromatic carbocycles. The van der Waals surface area contributed by atoms with Crippen molar-refractivity contribution >= 4 is 136 Å². The molecule has 3 nitrogen and oxygen atoms in total. The molecule has 13 rings (SSSR count). The van der Waals surface area contributed by atoms with Gasteiger partial charge in [-0.1, -0.05) is 111 Å². The molecular formula is C52H34BN2OS2. The average molecular weight is 778 g/mol. The highest BCUT2D eigenvalue weighted by Crippen LogP contribution is 2.45. The van der Waals surface area contributed by atoms with Crippen LogP contribution in [-0.2, 0) is 5.41 Å². The molecule has 1 aliphatic rings. The molecular weight excluding hydrogens is 744 g/mol. The lowest BCUT2D eigenvalue weighted by Crippen LogP contribution is -2.37. The molecule has 4 aromatic heterocycles. The van der Waals surface area contributed by atoms with E-state index < -0.39 is 0 Å². The number of benzene rings is 8. The molecule has 5 heterocycles. The van der Waals surface area contributed by atoms with Gasteiger partial charge in [0.05, 0.1) is 5.52 Å². The maximum absolute atomic E-state index is 6.59. The zero-order chi connectivity index (χ0) is 38.4. The summed E-state index contributed by atoms with van der Waals surface area (Å²) in [5.41, 5.74) is 13.7. The van der Waals surface area contributed by atoms with Gasteiger partial charge in [-0.25, -0.2) is 0 Å². The summed E-state index contributed by atoms with van der Waals surface area (Å²) in [6, 6.07) is 53.9. The summed E-state index contributed by atoms with van der Waals surface area (Å²) in [6.45, 7) is 6.79. The number of hydrogen-bond acceptors (Lipinski definition) is 4. The Morgan fingerprint density at radius 1 is 0.534 bits per heavy atom. The number of furan rings is 1. The monoisotopic (exact) mass is 777 g/mol. The summed E-state index contributed by atoms with van der Waals surface area (Å²) in [7, 11) is 2.44. The van der Waals surface area contributed by atoms with Crippen molar-refractivity contribution in [3.05, 3.63) is 151 Å². The Labute approximate surface area is 343 Å². The van der Waals surface area contributed by atoms with Crippen molar-refractivity contribution in [2.24, 2.45) is 0 Å². The van der Waals surface area contributed by atoms with Crippen LogP contribution in [0, 0.1) is 0 Å². The lowest BCUT2D eigenvalue weighted by atomic mass is 9.59. The van der Waals surface area contributed by atoms with Gasteiger partial charge in [-0.15, -0.1) is 22.7 Å². The van der Waals surface area contributed by atoms with E-state index in [2.05, 4.69) is 177 Å². The molecule has 12 aromatic rings. The van der Waals surface area contributed by atoms with Crippen molar-refractivity contribution in [1.82, 2.24) is 4.57 Å². The van der Waals surface area contributed by atoms with Crippen LogP contribution in [0.5, 0.6) is 0 Å². The number of hydrogen-bond donors (Lipinski definition) is 1. The molecule has 0 aliphatic carbocycles. The van der Waals surface area contributed by atoms with Crippen molar-refractivity contribution in [2.45, 2.75) is 26.2 Å². The van der Waals surface area contributed by atoms with Crippen LogP contribution in [0.3, 0.4) is 0 Å². The topological polar surface area (TPSA) is 30.1 Å². The maximum atomic E-state index is 6.59. The van der Waals surface area contributed by atoms with Gasteiger partial charge in [-0.3, -0.25) is 0 Å². The van der Waals surface area contributed by atoms with Gasteiger partial charge in [-0.2, -0.15) is 0 Å². The highest BCUT2D eigenvalue weighted by Gasteiger charge is 2.29. The summed E-state index contributed by atoms with van der Waals surface area (Å²) in [4.78, 5) is 0. The van der Waals surface area contributed by atoms with E-state index >= 15 is 0 Å². The minimum Gasteiger partial charge on any atom is -0.456 e. The molecule has 0 atom stereocenters. The van der Waals surface area contributed by atoms with Gasteiger partial charge in [0.15, 0.2) is 7.28 Å². The second-order valence-electron chi connectivity index (χ2n) is 16.8. The van der Waals surface area contributed by atoms with E-state index in [0.29, 0.717) is 0 Å². The summed E-state index contributed by atoms with van der Waals surface area (Å²) in [5.74, 6) is 0. The quantitative estimate of drug-likeness (QED) is 0.181. The highest BCUT2D eigenvalue weighted by atomic mass is 32.1. The van der Waals surface area contributed by atoms with E-state index in [0.717, 1.165) is 38.9 Å². The maximum Gasteiger partial charge on any atom is 0.197 e. The van der Waals surface area contributed by atoms with Gasteiger partial charge in [0, 0.05) is 84.6 Å². The van der Waals surface area contributed by atoms with E-state index in [1.54, 1.807) is 0 Å². The third-order valence-corrected chi connectivity index (χ3v) is 14.6. The molecule has 0 fully saturated rings. The molecule has 0 saturated carbocycles. The van der Waals surface area contributed by atoms with Crippen molar-refractivity contribution in [3.8, 4) is 16.8 Å². The molecule has 1 radical (unpaired) electrons. The van der Waals surface area contributed by atoms with E-state index in [1.807, 2.05) is 28.7 Å². The number of rotatable bonds is 3. The van der Waals surface area contributed by atoms with E-state index in [4.69, 9.17) is 4.42 Å². The van der Waals surface area contributed by atoms with E-state index in [-0.39, 0.29) is 5.41 Å². The lowest BCUT2D eigenvalue weighted by molar-refractivity contribution is 0.590. The van der Waals surface area contributed by atoms with Crippen molar-refractivity contribution in [3.63, 3.8) is 0 Å². The fourth-order valence-corrected chi connectivity index (χ4v) is 11.8. The first-order valence-electron chi connectivity index (χ1n) is 19.9. The average Bonchev–Trinajstić information content (AvgIpc) is 3.98. The Morgan fingerprint density at radius 3 is 1.98 bits per heavy atom. The van der Waals surface area contributed by atoms with Crippen molar-refractivity contribution in [2.75, 3.05) is 5.32 Å². The Kier molecular flexibility index (Phi) is 6.56. The standard InChI is InChI=1S/C52H34BN2OS2/c1-52(2,3)28-16-18-29(19-17-28)54-41-24-37-30-10-4-7-13-44(30)56-45(37)25-35(41)33-20-21-34-36-22-38-31-11-5-8-14-46(31)57-48(38)26-42(36)55-43-27-49-39(23-40(43)53-50(33)51(34)55)32-12-6-9-15-47(32)58-49/h4-27,54H,1-3H3. The zero-order valence-electron chi connectivity index (χ0n) is 32.1. The Morgan fingerprint density at radius 2 is 1.22 bits per heavy atom. The summed E-state index contributed by atoms with van der Waals surface area (Å²) in [6.07, 6.45) is 0. The summed E-state index contributed by atoms with van der Waals surface area (Å²) >= 11 is 3.77. The third kappa shape index (κ3) is 4.61. The molecule has 1 aliphatic heterocycles. The lowest BCUT2D eigenvalue weighted by Gasteiger charge is -2.24. The molecule has 0 saturated heterocycles. The van der Waals surface area contributed by atoms with Crippen LogP contribution >= 0.6 is 22.7 Å². The zero-order valence-corrected chi connectivity index (χ0v) is 33.7. The van der Waals surface area contributed by atoms with Crippen LogP contribution in [0.25, 0.3) is 101 Å². The number of fused-ring (bicyclic) bond motifs is 14. The van der Waals surface area contributed by atoms with Gasteiger partial charge in [-0.05, 0) is 88.1 Å². The number of aromatic nitrogens is 1. The summed E-state index contributed by atoms with van der Waals surface area (Å²) < 4.78 is 14.4. The first-order chi connectivity index (χ1) is 28.3. The van der Waals surface area contributed by atoms with E-state index in [1.165, 1.54) is 89.9 Å². The van der Waals surface area contributed by atoms with Crippen LogP contribution in [-0.4, -0.2) is 11.8 Å². The molecule has 273 valence electrons. The number of thiophene rings is 2. The molecule has 58 heavy (non-hydrogen) atoms. The van der Waals surface area contributed by atoms with Gasteiger partial charge in [0.25, 0.3) is 0 Å². The SMILES string of the molecule is CC(C)(C)c1ccc(Nc2cc3c(cc2-c2ccc4c5cc6c(cc5n5c4c2[B]c2cc4c(cc2-5)sc2ccccc24)sc2ccccc26)oc2ccccc23)cc1. The molecule has 0 spiro atoms. The Hall–Kier alpha value is -6.34. The van der Waals surface area contributed by atoms with Gasteiger partial charge in [0.1, 0.15) is 11.2 Å². The van der Waals surface area contributed by atoms with Crippen molar-refractivity contribution in [1.29, 1.82) is 0 Å². The normalized spacial score (nSPS) is 12.9. The number of nitrogens with zero attached hydrogens (tertiary/aromatic N) is 1. The molecule has 0 unspecified atom stereocenters. The van der Waals surface area contributed by atoms with Crippen LogP contribution < -0.4 is 16.2 Å². The first kappa shape index (κ1) is 32.7. The van der Waals surface area contributed by atoms with Gasteiger partial charge in [0.2, 0.25) is 0 Å². The van der Waals surface area contributed by atoms with Crippen molar-refractivity contribution < 1.29 is 4.42 Å². The number of anilines is 2. The van der Waals surface area contributed by atoms with Crippen LogP contribution in [0.4, 0.5) is 11.4 Å². The molecule has 1 N–H and O–H groups in total.